The molecule has 70 valence electrons. The van der Waals surface area contributed by atoms with Gasteiger partial charge in [-0.2, -0.15) is 0 Å². The maximum atomic E-state index is 10.7. The summed E-state index contributed by atoms with van der Waals surface area (Å²) in [7, 11) is 1.33. The molecule has 0 spiro atoms. The van der Waals surface area contributed by atoms with Gasteiger partial charge in [0.25, 0.3) is 0 Å². The highest BCUT2D eigenvalue weighted by molar-refractivity contribution is 5.67. The number of alkyl carbamates (subject to hydrolysis) is 1. The van der Waals surface area contributed by atoms with Crippen molar-refractivity contribution in [1.82, 2.24) is 5.32 Å². The molecule has 1 heterocycles. The predicted molar refractivity (Wildman–Crippen MR) is 41.0 cm³/mol. The molecule has 1 fully saturated rings. The maximum Gasteiger partial charge on any atom is 0.407 e. The molecule has 1 aliphatic heterocycles. The Morgan fingerprint density at radius 3 is 2.50 bits per heavy atom. The zero-order chi connectivity index (χ0) is 8.81. The van der Waals surface area contributed by atoms with Gasteiger partial charge < -0.3 is 19.5 Å². The van der Waals surface area contributed by atoms with Gasteiger partial charge in [-0.15, -0.1) is 0 Å². The molecule has 0 aromatic carbocycles. The lowest BCUT2D eigenvalue weighted by Crippen LogP contribution is -2.40. The van der Waals surface area contributed by atoms with Crippen LogP contribution in [-0.2, 0) is 14.2 Å². The van der Waals surface area contributed by atoms with Gasteiger partial charge in [-0.05, 0) is 0 Å². The second-order valence-electron chi connectivity index (χ2n) is 2.48. The van der Waals surface area contributed by atoms with Crippen molar-refractivity contribution in [3.05, 3.63) is 0 Å². The Morgan fingerprint density at radius 1 is 1.42 bits per heavy atom. The van der Waals surface area contributed by atoms with Gasteiger partial charge in [-0.3, -0.25) is 0 Å². The molecule has 0 saturated carbocycles. The fourth-order valence-corrected chi connectivity index (χ4v) is 0.926. The molecule has 1 aliphatic rings. The summed E-state index contributed by atoms with van der Waals surface area (Å²) < 4.78 is 14.7. The Kier molecular flexibility index (Phi) is 3.83. The van der Waals surface area contributed by atoms with E-state index in [-0.39, 0.29) is 6.04 Å². The van der Waals surface area contributed by atoms with Crippen molar-refractivity contribution < 1.29 is 19.0 Å². The number of hydrogen-bond acceptors (Lipinski definition) is 4. The molecule has 1 amide bonds. The van der Waals surface area contributed by atoms with Crippen LogP contribution in [0.2, 0.25) is 0 Å². The minimum atomic E-state index is -0.450. The predicted octanol–water partition coefficient (Wildman–Crippen LogP) is -0.242. The fourth-order valence-electron chi connectivity index (χ4n) is 0.926. The van der Waals surface area contributed by atoms with E-state index in [0.717, 1.165) is 0 Å². The van der Waals surface area contributed by atoms with E-state index in [1.165, 1.54) is 7.11 Å². The average molecular weight is 175 g/mol. The van der Waals surface area contributed by atoms with Crippen LogP contribution in [0, 0.1) is 0 Å². The van der Waals surface area contributed by atoms with E-state index in [1.54, 1.807) is 0 Å². The summed E-state index contributed by atoms with van der Waals surface area (Å²) in [6.45, 7) is 2.13. The SMILES string of the molecule is COC(=O)NC1COCCOC1. The van der Waals surface area contributed by atoms with Crippen LogP contribution < -0.4 is 5.32 Å². The van der Waals surface area contributed by atoms with E-state index in [9.17, 15) is 4.79 Å². The van der Waals surface area contributed by atoms with Crippen molar-refractivity contribution in [2.24, 2.45) is 0 Å². The van der Waals surface area contributed by atoms with Gasteiger partial charge in [0.1, 0.15) is 0 Å². The molecule has 0 aliphatic carbocycles. The zero-order valence-electron chi connectivity index (χ0n) is 7.04. The average Bonchev–Trinajstić information content (AvgIpc) is 2.33. The Bertz CT molecular complexity index is 142. The highest BCUT2D eigenvalue weighted by atomic mass is 16.5. The molecule has 1 saturated heterocycles. The van der Waals surface area contributed by atoms with E-state index in [1.807, 2.05) is 0 Å². The van der Waals surface area contributed by atoms with Crippen LogP contribution in [0.5, 0.6) is 0 Å². The highest BCUT2D eigenvalue weighted by Crippen LogP contribution is 1.94. The van der Waals surface area contributed by atoms with E-state index >= 15 is 0 Å². The van der Waals surface area contributed by atoms with Gasteiger partial charge in [0.15, 0.2) is 0 Å². The number of ether oxygens (including phenoxy) is 3. The van der Waals surface area contributed by atoms with Crippen LogP contribution in [0.3, 0.4) is 0 Å². The summed E-state index contributed by atoms with van der Waals surface area (Å²) in [5.74, 6) is 0. The van der Waals surface area contributed by atoms with Gasteiger partial charge in [-0.1, -0.05) is 0 Å². The molecule has 1 N–H and O–H groups in total. The summed E-state index contributed by atoms with van der Waals surface area (Å²) in [6.07, 6.45) is -0.450. The van der Waals surface area contributed by atoms with Crippen molar-refractivity contribution in [3.8, 4) is 0 Å². The molecule has 0 aromatic heterocycles. The zero-order valence-corrected chi connectivity index (χ0v) is 7.04. The van der Waals surface area contributed by atoms with Gasteiger partial charge in [-0.25, -0.2) is 4.79 Å². The van der Waals surface area contributed by atoms with Crippen molar-refractivity contribution in [3.63, 3.8) is 0 Å². The first-order chi connectivity index (χ1) is 5.83. The monoisotopic (exact) mass is 175 g/mol. The third-order valence-corrected chi connectivity index (χ3v) is 1.52. The molecule has 5 heteroatoms. The molecule has 0 atom stereocenters. The lowest BCUT2D eigenvalue weighted by atomic mass is 10.3. The molecular formula is C7H13NO4. The summed E-state index contributed by atoms with van der Waals surface area (Å²) in [4.78, 5) is 10.7. The van der Waals surface area contributed by atoms with Gasteiger partial charge in [0, 0.05) is 0 Å². The van der Waals surface area contributed by atoms with E-state index in [2.05, 4.69) is 10.1 Å². The molecule has 0 unspecified atom stereocenters. The number of carbonyl (C=O) groups is 1. The number of rotatable bonds is 1. The fraction of sp³-hybridized carbons (Fsp3) is 0.857. The summed E-state index contributed by atoms with van der Waals surface area (Å²) in [5, 5.41) is 2.60. The first-order valence-electron chi connectivity index (χ1n) is 3.83. The Labute approximate surface area is 71.0 Å². The topological polar surface area (TPSA) is 56.8 Å². The minimum absolute atomic E-state index is 0.0973. The smallest absolute Gasteiger partial charge is 0.407 e. The molecule has 0 radical (unpaired) electrons. The normalized spacial score (nSPS) is 19.8. The minimum Gasteiger partial charge on any atom is -0.453 e. The van der Waals surface area contributed by atoms with Crippen LogP contribution in [0.25, 0.3) is 0 Å². The molecule has 12 heavy (non-hydrogen) atoms. The van der Waals surface area contributed by atoms with Crippen molar-refractivity contribution in [1.29, 1.82) is 0 Å². The van der Waals surface area contributed by atoms with Crippen LogP contribution in [0.15, 0.2) is 0 Å². The largest absolute Gasteiger partial charge is 0.453 e. The number of methoxy groups -OCH3 is 1. The van der Waals surface area contributed by atoms with Gasteiger partial charge in [0.05, 0.1) is 39.6 Å². The first kappa shape index (κ1) is 9.28. The van der Waals surface area contributed by atoms with Gasteiger partial charge >= 0.3 is 6.09 Å². The number of amides is 1. The summed E-state index contributed by atoms with van der Waals surface area (Å²) in [5.41, 5.74) is 0. The molecule has 5 nitrogen and oxygen atoms in total. The van der Waals surface area contributed by atoms with Crippen molar-refractivity contribution >= 4 is 6.09 Å². The maximum absolute atomic E-state index is 10.7. The van der Waals surface area contributed by atoms with Crippen molar-refractivity contribution in [2.45, 2.75) is 6.04 Å². The second kappa shape index (κ2) is 4.95. The number of hydrogen-bond donors (Lipinski definition) is 1. The molecular weight excluding hydrogens is 162 g/mol. The third-order valence-electron chi connectivity index (χ3n) is 1.52. The lowest BCUT2D eigenvalue weighted by molar-refractivity contribution is 0.103. The van der Waals surface area contributed by atoms with E-state index in [4.69, 9.17) is 9.47 Å². The van der Waals surface area contributed by atoms with Crippen LogP contribution in [0.1, 0.15) is 0 Å². The molecule has 1 rings (SSSR count). The van der Waals surface area contributed by atoms with E-state index < -0.39 is 6.09 Å². The second-order valence-corrected chi connectivity index (χ2v) is 2.48. The van der Waals surface area contributed by atoms with Crippen LogP contribution >= 0.6 is 0 Å². The molecule has 0 bridgehead atoms. The Balaban J connectivity index is 2.24. The number of carbonyl (C=O) groups excluding carboxylic acids is 1. The summed E-state index contributed by atoms with van der Waals surface area (Å²) >= 11 is 0. The first-order valence-corrected chi connectivity index (χ1v) is 3.83. The Morgan fingerprint density at radius 2 is 2.00 bits per heavy atom. The quantitative estimate of drug-likeness (QED) is 0.597. The standard InChI is InChI=1S/C7H13NO4/c1-10-7(9)8-6-4-11-2-3-12-5-6/h6H,2-5H2,1H3,(H,8,9). The summed E-state index contributed by atoms with van der Waals surface area (Å²) in [6, 6.07) is -0.0973. The van der Waals surface area contributed by atoms with Crippen molar-refractivity contribution in [2.75, 3.05) is 33.5 Å². The number of nitrogens with one attached hydrogen (secondary N) is 1. The van der Waals surface area contributed by atoms with Gasteiger partial charge in [0.2, 0.25) is 0 Å². The lowest BCUT2D eigenvalue weighted by Gasteiger charge is -2.13. The van der Waals surface area contributed by atoms with Crippen LogP contribution in [0.4, 0.5) is 4.79 Å². The molecule has 0 aromatic rings. The Hall–Kier alpha value is -0.810. The van der Waals surface area contributed by atoms with E-state index in [0.29, 0.717) is 26.4 Å². The third kappa shape index (κ3) is 3.06. The highest BCUT2D eigenvalue weighted by Gasteiger charge is 2.15. The van der Waals surface area contributed by atoms with Crippen LogP contribution in [-0.4, -0.2) is 45.7 Å².